The molecular formula is C27H29N7O7. The monoisotopic (exact) mass is 563 g/mol. The lowest BCUT2D eigenvalue weighted by Crippen LogP contribution is -2.50. The van der Waals surface area contributed by atoms with E-state index in [0.29, 0.717) is 18.6 Å². The van der Waals surface area contributed by atoms with Gasteiger partial charge in [0.25, 0.3) is 11.5 Å². The molecule has 0 spiro atoms. The third-order valence-electron chi connectivity index (χ3n) is 6.33. The Labute approximate surface area is 233 Å². The van der Waals surface area contributed by atoms with E-state index < -0.39 is 35.5 Å². The number of hydrogen-bond acceptors (Lipinski definition) is 10. The summed E-state index contributed by atoms with van der Waals surface area (Å²) in [6, 6.07) is 13.7. The maximum atomic E-state index is 12.9. The number of carbonyl (C=O) groups is 4. The fourth-order valence-electron chi connectivity index (χ4n) is 4.21. The van der Waals surface area contributed by atoms with Crippen molar-refractivity contribution in [3.05, 3.63) is 76.1 Å². The summed E-state index contributed by atoms with van der Waals surface area (Å²) in [6.07, 6.45) is 0.0884. The molecule has 0 bridgehead atoms. The van der Waals surface area contributed by atoms with E-state index in [4.69, 9.17) is 15.6 Å². The van der Waals surface area contributed by atoms with Crippen LogP contribution < -0.4 is 32.1 Å². The molecule has 0 radical (unpaired) electrons. The Morgan fingerprint density at radius 3 is 2.59 bits per heavy atom. The topological polar surface area (TPSA) is 209 Å². The van der Waals surface area contributed by atoms with Gasteiger partial charge in [0, 0.05) is 30.8 Å². The van der Waals surface area contributed by atoms with Gasteiger partial charge in [0.2, 0.25) is 12.4 Å². The molecule has 1 aliphatic heterocycles. The second-order valence-corrected chi connectivity index (χ2v) is 9.21. The number of carbonyl (C=O) groups excluding carboxylic acids is 3. The molecule has 2 aromatic carbocycles. The first kappa shape index (κ1) is 28.6. The number of benzene rings is 2. The van der Waals surface area contributed by atoms with E-state index >= 15 is 0 Å². The van der Waals surface area contributed by atoms with Crippen LogP contribution in [0.5, 0.6) is 0 Å². The fraction of sp³-hybridized carbons (Fsp3) is 0.259. The van der Waals surface area contributed by atoms with Gasteiger partial charge in [0.1, 0.15) is 12.6 Å². The van der Waals surface area contributed by atoms with Crippen molar-refractivity contribution in [1.29, 1.82) is 0 Å². The van der Waals surface area contributed by atoms with E-state index in [1.54, 1.807) is 36.4 Å². The van der Waals surface area contributed by atoms with Gasteiger partial charge < -0.3 is 36.4 Å². The minimum Gasteiger partial charge on any atom is -0.481 e. The summed E-state index contributed by atoms with van der Waals surface area (Å²) in [5.74, 6) is -2.26. The number of rotatable bonds is 12. The number of nitrogens with two attached hydrogens (primary N) is 1. The molecule has 1 aromatic heterocycles. The molecule has 14 nitrogen and oxygen atoms in total. The number of fused-ring (bicyclic) bond motifs is 1. The summed E-state index contributed by atoms with van der Waals surface area (Å²) < 4.78 is 5.30. The number of carboxylic acids is 1. The van der Waals surface area contributed by atoms with Crippen molar-refractivity contribution in [2.75, 3.05) is 34.4 Å². The minimum atomic E-state index is -1.15. The van der Waals surface area contributed by atoms with E-state index in [-0.39, 0.29) is 49.0 Å². The van der Waals surface area contributed by atoms with E-state index in [0.717, 1.165) is 5.56 Å². The van der Waals surface area contributed by atoms with Gasteiger partial charge in [0.15, 0.2) is 11.5 Å². The van der Waals surface area contributed by atoms with Crippen LogP contribution in [0, 0.1) is 0 Å². The molecule has 0 aliphatic carbocycles. The SMILES string of the molecule is Nc1nc2c(c(=O)[nH]1)N(C=O)[C@@H](CNc1ccc(C(=O)N[C@@H](CCC(=O)O)C(=O)OCc3ccccc3)cc1)CN2. The van der Waals surface area contributed by atoms with E-state index in [2.05, 4.69) is 25.9 Å². The molecule has 14 heteroatoms. The number of ether oxygens (including phenoxy) is 1. The van der Waals surface area contributed by atoms with Crippen molar-refractivity contribution in [3.8, 4) is 0 Å². The van der Waals surface area contributed by atoms with Crippen LogP contribution >= 0.6 is 0 Å². The first-order chi connectivity index (χ1) is 19.7. The number of aromatic nitrogens is 2. The highest BCUT2D eigenvalue weighted by atomic mass is 16.5. The van der Waals surface area contributed by atoms with Gasteiger partial charge in [-0.1, -0.05) is 30.3 Å². The summed E-state index contributed by atoms with van der Waals surface area (Å²) in [7, 11) is 0. The molecule has 3 aromatic rings. The number of nitrogen functional groups attached to an aromatic ring is 1. The molecule has 0 saturated heterocycles. The lowest BCUT2D eigenvalue weighted by atomic mass is 10.1. The van der Waals surface area contributed by atoms with Gasteiger partial charge in [-0.3, -0.25) is 24.2 Å². The molecule has 7 N–H and O–H groups in total. The van der Waals surface area contributed by atoms with Gasteiger partial charge in [-0.15, -0.1) is 0 Å². The molecule has 4 rings (SSSR count). The van der Waals surface area contributed by atoms with Gasteiger partial charge in [-0.2, -0.15) is 4.98 Å². The third-order valence-corrected chi connectivity index (χ3v) is 6.33. The number of hydrogen-bond donors (Lipinski definition) is 6. The van der Waals surface area contributed by atoms with Gasteiger partial charge >= 0.3 is 11.9 Å². The van der Waals surface area contributed by atoms with Crippen molar-refractivity contribution < 1.29 is 29.0 Å². The van der Waals surface area contributed by atoms with Crippen molar-refractivity contribution in [2.45, 2.75) is 31.5 Å². The first-order valence-corrected chi connectivity index (χ1v) is 12.7. The third kappa shape index (κ3) is 7.38. The van der Waals surface area contributed by atoms with Crippen molar-refractivity contribution in [2.24, 2.45) is 0 Å². The summed E-state index contributed by atoms with van der Waals surface area (Å²) in [5, 5.41) is 17.8. The lowest BCUT2D eigenvalue weighted by molar-refractivity contribution is -0.147. The number of esters is 1. The Morgan fingerprint density at radius 1 is 1.17 bits per heavy atom. The van der Waals surface area contributed by atoms with Crippen molar-refractivity contribution >= 4 is 47.4 Å². The Bertz CT molecular complexity index is 1460. The maximum absolute atomic E-state index is 12.9. The zero-order valence-corrected chi connectivity index (χ0v) is 21.8. The Morgan fingerprint density at radius 2 is 1.90 bits per heavy atom. The average Bonchev–Trinajstić information content (AvgIpc) is 2.97. The molecule has 0 fully saturated rings. The first-order valence-electron chi connectivity index (χ1n) is 12.7. The summed E-state index contributed by atoms with van der Waals surface area (Å²) in [6.45, 7) is 0.570. The van der Waals surface area contributed by atoms with Crippen LogP contribution in [0.4, 0.5) is 23.1 Å². The quantitative estimate of drug-likeness (QED) is 0.135. The van der Waals surface area contributed by atoms with E-state index in [9.17, 15) is 24.0 Å². The zero-order chi connectivity index (χ0) is 29.4. The maximum Gasteiger partial charge on any atom is 0.328 e. The van der Waals surface area contributed by atoms with Crippen LogP contribution in [0.3, 0.4) is 0 Å². The van der Waals surface area contributed by atoms with Crippen LogP contribution in [0.15, 0.2) is 59.4 Å². The molecule has 1 aliphatic rings. The number of amides is 2. The molecule has 41 heavy (non-hydrogen) atoms. The molecule has 2 atom stereocenters. The largest absolute Gasteiger partial charge is 0.481 e. The predicted molar refractivity (Wildman–Crippen MR) is 149 cm³/mol. The number of nitrogens with one attached hydrogen (secondary N) is 4. The summed E-state index contributed by atoms with van der Waals surface area (Å²) >= 11 is 0. The number of H-pyrrole nitrogens is 1. The van der Waals surface area contributed by atoms with Crippen LogP contribution in [0.1, 0.15) is 28.8 Å². The lowest BCUT2D eigenvalue weighted by Gasteiger charge is -2.34. The Kier molecular flexibility index (Phi) is 9.14. The molecular weight excluding hydrogens is 534 g/mol. The van der Waals surface area contributed by atoms with E-state index in [1.807, 2.05) is 6.07 Å². The van der Waals surface area contributed by atoms with Gasteiger partial charge in [-0.05, 0) is 36.2 Å². The Hall–Kier alpha value is -5.40. The average molecular weight is 564 g/mol. The van der Waals surface area contributed by atoms with Crippen LogP contribution in [0.25, 0.3) is 0 Å². The van der Waals surface area contributed by atoms with Crippen LogP contribution in [-0.2, 0) is 25.7 Å². The number of nitrogens with zero attached hydrogens (tertiary/aromatic N) is 2. The van der Waals surface area contributed by atoms with Crippen LogP contribution in [-0.4, -0.2) is 64.5 Å². The minimum absolute atomic E-state index is 0.0118. The normalized spacial score (nSPS) is 14.6. The number of aromatic amines is 1. The molecule has 2 amide bonds. The zero-order valence-electron chi connectivity index (χ0n) is 21.8. The molecule has 2 heterocycles. The number of anilines is 4. The Balaban J connectivity index is 1.35. The predicted octanol–water partition coefficient (Wildman–Crippen LogP) is 0.928. The number of aliphatic carboxylic acids is 1. The second kappa shape index (κ2) is 13.1. The van der Waals surface area contributed by atoms with E-state index in [1.165, 1.54) is 17.0 Å². The summed E-state index contributed by atoms with van der Waals surface area (Å²) in [5.41, 5.74) is 6.73. The second-order valence-electron chi connectivity index (χ2n) is 9.21. The van der Waals surface area contributed by atoms with Gasteiger partial charge in [0.05, 0.1) is 6.04 Å². The van der Waals surface area contributed by atoms with Crippen molar-refractivity contribution in [3.63, 3.8) is 0 Å². The van der Waals surface area contributed by atoms with Crippen molar-refractivity contribution in [1.82, 2.24) is 15.3 Å². The molecule has 0 unspecified atom stereocenters. The highest BCUT2D eigenvalue weighted by Crippen LogP contribution is 2.25. The fourth-order valence-corrected chi connectivity index (χ4v) is 4.21. The standard InChI is InChI=1S/C27H29N7O7/c28-27-32-23-22(25(39)33-27)34(15-35)19(13-30-23)12-29-18-8-6-17(7-9-18)24(38)31-20(10-11-21(36)37)26(40)41-14-16-4-2-1-3-5-16/h1-9,15,19-20,29H,10-14H2,(H,31,38)(H,36,37)(H4,28,30,32,33,39)/t19-,20-/m0/s1. The smallest absolute Gasteiger partial charge is 0.328 e. The highest BCUT2D eigenvalue weighted by Gasteiger charge is 2.30. The summed E-state index contributed by atoms with van der Waals surface area (Å²) in [4.78, 5) is 68.4. The highest BCUT2D eigenvalue weighted by molar-refractivity contribution is 5.97. The van der Waals surface area contributed by atoms with Crippen LogP contribution in [0.2, 0.25) is 0 Å². The molecule has 214 valence electrons. The molecule has 0 saturated carbocycles. The van der Waals surface area contributed by atoms with Gasteiger partial charge in [-0.25, -0.2) is 4.79 Å². The number of carboxylic acid groups (broad SMARTS) is 1.